The molecule has 4 N–H and O–H groups in total. The first kappa shape index (κ1) is 35.5. The SMILES string of the molecule is C=C(C)[C@H](NC(=O)N[C@H](CN1C(=O)CC(C)(C)CC1=O)C(C)(C)C)C(=O)N1C[C@H]2[C@@H]([C@H]1C(=O)NC1(C(=O)C(=O)NC3CC3)CC1)C2(C)C. The molecule has 3 saturated carbocycles. The lowest BCUT2D eigenvalue weighted by atomic mass is 9.80. The maximum absolute atomic E-state index is 14.1. The molecule has 13 heteroatoms. The lowest BCUT2D eigenvalue weighted by Gasteiger charge is -2.40. The summed E-state index contributed by atoms with van der Waals surface area (Å²) in [6.07, 6.45) is 2.81. The van der Waals surface area contributed by atoms with Gasteiger partial charge in [0.05, 0.1) is 6.04 Å². The first-order valence-corrected chi connectivity index (χ1v) is 17.1. The van der Waals surface area contributed by atoms with Crippen LogP contribution in [0.3, 0.4) is 0 Å². The van der Waals surface area contributed by atoms with Crippen molar-refractivity contribution in [3.63, 3.8) is 0 Å². The first-order chi connectivity index (χ1) is 22.1. The summed E-state index contributed by atoms with van der Waals surface area (Å²) in [5.41, 5.74) is -2.09. The third-order valence-corrected chi connectivity index (χ3v) is 11.0. The highest BCUT2D eigenvalue weighted by atomic mass is 16.2. The van der Waals surface area contributed by atoms with Crippen molar-refractivity contribution in [2.24, 2.45) is 28.1 Å². The molecule has 0 aromatic carbocycles. The Morgan fingerprint density at radius 1 is 0.958 bits per heavy atom. The predicted octanol–water partition coefficient (Wildman–Crippen LogP) is 1.80. The zero-order chi connectivity index (χ0) is 35.7. The second kappa shape index (κ2) is 12.0. The van der Waals surface area contributed by atoms with Gasteiger partial charge in [-0.3, -0.25) is 33.7 Å². The molecule has 0 spiro atoms. The molecule has 13 nitrogen and oxygen atoms in total. The third-order valence-electron chi connectivity index (χ3n) is 11.0. The van der Waals surface area contributed by atoms with Crippen molar-refractivity contribution in [1.82, 2.24) is 31.1 Å². The van der Waals surface area contributed by atoms with Gasteiger partial charge in [-0.2, -0.15) is 0 Å². The summed E-state index contributed by atoms with van der Waals surface area (Å²) in [6, 6.07) is -3.35. The van der Waals surface area contributed by atoms with Gasteiger partial charge in [0.2, 0.25) is 29.4 Å². The van der Waals surface area contributed by atoms with Crippen LogP contribution in [0.25, 0.3) is 0 Å². The molecule has 5 atom stereocenters. The van der Waals surface area contributed by atoms with E-state index in [9.17, 15) is 33.6 Å². The number of amides is 7. The van der Waals surface area contributed by atoms with Crippen molar-refractivity contribution in [3.8, 4) is 0 Å². The van der Waals surface area contributed by atoms with E-state index in [1.54, 1.807) is 6.92 Å². The van der Waals surface area contributed by atoms with Crippen LogP contribution in [0.5, 0.6) is 0 Å². The van der Waals surface area contributed by atoms with Crippen LogP contribution in [0.1, 0.15) is 93.9 Å². The molecule has 7 amide bonds. The average Bonchev–Trinajstić information content (AvgIpc) is 3.91. The minimum absolute atomic E-state index is 0.00790. The molecule has 0 unspecified atom stereocenters. The fourth-order valence-corrected chi connectivity index (χ4v) is 7.38. The Morgan fingerprint density at radius 2 is 1.54 bits per heavy atom. The highest BCUT2D eigenvalue weighted by Crippen LogP contribution is 2.65. The minimum atomic E-state index is -1.26. The van der Waals surface area contributed by atoms with E-state index >= 15 is 0 Å². The summed E-state index contributed by atoms with van der Waals surface area (Å²) >= 11 is 0. The van der Waals surface area contributed by atoms with Gasteiger partial charge >= 0.3 is 6.03 Å². The number of carbonyl (C=O) groups is 7. The summed E-state index contributed by atoms with van der Waals surface area (Å²) in [7, 11) is 0. The lowest BCUT2D eigenvalue weighted by Crippen LogP contribution is -2.61. The van der Waals surface area contributed by atoms with Crippen molar-refractivity contribution in [2.75, 3.05) is 13.1 Å². The number of hydrogen-bond acceptors (Lipinski definition) is 7. The van der Waals surface area contributed by atoms with Gasteiger partial charge in [0, 0.05) is 32.0 Å². The van der Waals surface area contributed by atoms with Gasteiger partial charge in [-0.1, -0.05) is 55.0 Å². The first-order valence-electron chi connectivity index (χ1n) is 17.1. The number of ketones is 1. The number of imide groups is 1. The monoisotopic (exact) mass is 668 g/mol. The van der Waals surface area contributed by atoms with Crippen LogP contribution in [0, 0.1) is 28.1 Å². The highest BCUT2D eigenvalue weighted by Gasteiger charge is 2.70. The number of hydrogen-bond donors (Lipinski definition) is 4. The molecule has 48 heavy (non-hydrogen) atoms. The maximum Gasteiger partial charge on any atom is 0.315 e. The van der Waals surface area contributed by atoms with Crippen molar-refractivity contribution >= 4 is 41.4 Å². The van der Waals surface area contributed by atoms with Gasteiger partial charge in [-0.05, 0) is 66.3 Å². The van der Waals surface area contributed by atoms with Gasteiger partial charge in [0.15, 0.2) is 0 Å². The normalized spacial score (nSPS) is 27.6. The van der Waals surface area contributed by atoms with Gasteiger partial charge in [0.1, 0.15) is 17.6 Å². The molecule has 264 valence electrons. The number of nitrogens with zero attached hydrogens (tertiary/aromatic N) is 2. The minimum Gasteiger partial charge on any atom is -0.347 e. The maximum atomic E-state index is 14.1. The van der Waals surface area contributed by atoms with Crippen molar-refractivity contribution in [2.45, 2.75) is 124 Å². The highest BCUT2D eigenvalue weighted by molar-refractivity contribution is 6.41. The molecule has 0 aromatic rings. The van der Waals surface area contributed by atoms with Crippen LogP contribution in [0.2, 0.25) is 0 Å². The average molecular weight is 669 g/mol. The summed E-state index contributed by atoms with van der Waals surface area (Å²) in [6.45, 7) is 19.3. The van der Waals surface area contributed by atoms with Gasteiger partial charge in [0.25, 0.3) is 5.91 Å². The number of nitrogens with one attached hydrogen (secondary N) is 4. The number of likely N-dealkylation sites (tertiary alicyclic amines) is 2. The second-order valence-corrected chi connectivity index (χ2v) is 17.3. The number of piperidine rings is 2. The number of Topliss-reactive ketones (excluding diaryl/α,β-unsaturated/α-hetero) is 1. The molecule has 2 aliphatic heterocycles. The molecule has 2 heterocycles. The third kappa shape index (κ3) is 7.01. The van der Waals surface area contributed by atoms with E-state index in [0.717, 1.165) is 12.8 Å². The van der Waals surface area contributed by atoms with Gasteiger partial charge in [-0.15, -0.1) is 0 Å². The van der Waals surface area contributed by atoms with Crippen molar-refractivity contribution < 1.29 is 33.6 Å². The quantitative estimate of drug-likeness (QED) is 0.148. The molecular formula is C35H52N6O7. The molecule has 0 radical (unpaired) electrons. The Bertz CT molecular complexity index is 1430. The molecular weight excluding hydrogens is 616 g/mol. The van der Waals surface area contributed by atoms with Gasteiger partial charge < -0.3 is 26.2 Å². The number of carbonyl (C=O) groups excluding carboxylic acids is 7. The molecule has 0 bridgehead atoms. The largest absolute Gasteiger partial charge is 0.347 e. The number of rotatable bonds is 11. The number of fused-ring (bicyclic) bond motifs is 1. The molecule has 0 aromatic heterocycles. The summed E-state index contributed by atoms with van der Waals surface area (Å²) in [5.74, 6) is -3.02. The van der Waals surface area contributed by atoms with Crippen LogP contribution < -0.4 is 21.3 Å². The van der Waals surface area contributed by atoms with E-state index < -0.39 is 64.0 Å². The predicted molar refractivity (Wildman–Crippen MR) is 176 cm³/mol. The van der Waals surface area contributed by atoms with Crippen LogP contribution in [-0.2, 0) is 28.8 Å². The molecule has 5 fully saturated rings. The van der Waals surface area contributed by atoms with E-state index in [-0.39, 0.29) is 54.5 Å². The smallest absolute Gasteiger partial charge is 0.315 e. The zero-order valence-electron chi connectivity index (χ0n) is 29.6. The Hall–Kier alpha value is -3.77. The molecule has 3 aliphatic carbocycles. The van der Waals surface area contributed by atoms with Crippen LogP contribution in [0.15, 0.2) is 12.2 Å². The topological polar surface area (TPSA) is 174 Å². The number of urea groups is 1. The summed E-state index contributed by atoms with van der Waals surface area (Å²) in [5, 5.41) is 11.2. The Balaban J connectivity index is 1.27. The Morgan fingerprint density at radius 3 is 2.04 bits per heavy atom. The van der Waals surface area contributed by atoms with E-state index in [1.165, 1.54) is 9.80 Å². The standard InChI is InChI=1S/C35H52N6O7/c1-18(2)25(38-31(48)37-21(32(3,4)5)17-40-22(42)14-33(6,7)15-23(40)43)30(47)41-16-20-24(34(20,8)9)26(41)28(45)39-35(12-13-35)27(44)29(46)36-19-10-11-19/h19-21,24-26H,1,10-17H2,2-9H3,(H,36,46)(H,39,45)(H2,37,38,48)/t20-,21+,24-,25-,26-/m0/s1. The van der Waals surface area contributed by atoms with Crippen molar-refractivity contribution in [3.05, 3.63) is 12.2 Å². The van der Waals surface area contributed by atoms with E-state index in [1.807, 2.05) is 48.5 Å². The van der Waals surface area contributed by atoms with Gasteiger partial charge in [-0.25, -0.2) is 4.79 Å². The Kier molecular flexibility index (Phi) is 8.87. The molecule has 5 rings (SSSR count). The fraction of sp³-hybridized carbons (Fsp3) is 0.743. The Labute approximate surface area is 282 Å². The van der Waals surface area contributed by atoms with Crippen LogP contribution >= 0.6 is 0 Å². The zero-order valence-corrected chi connectivity index (χ0v) is 29.6. The van der Waals surface area contributed by atoms with E-state index in [0.29, 0.717) is 25.0 Å². The molecule has 5 aliphatic rings. The van der Waals surface area contributed by atoms with E-state index in [2.05, 4.69) is 27.8 Å². The summed E-state index contributed by atoms with van der Waals surface area (Å²) < 4.78 is 0. The summed E-state index contributed by atoms with van der Waals surface area (Å²) in [4.78, 5) is 95.5. The second-order valence-electron chi connectivity index (χ2n) is 17.3. The lowest BCUT2D eigenvalue weighted by molar-refractivity contribution is -0.153. The molecule has 2 saturated heterocycles. The van der Waals surface area contributed by atoms with E-state index in [4.69, 9.17) is 0 Å². The van der Waals surface area contributed by atoms with Crippen LogP contribution in [-0.4, -0.2) is 93.9 Å². The van der Waals surface area contributed by atoms with Crippen molar-refractivity contribution in [1.29, 1.82) is 0 Å². The van der Waals surface area contributed by atoms with Crippen LogP contribution in [0.4, 0.5) is 4.79 Å². The fourth-order valence-electron chi connectivity index (χ4n) is 7.38.